The highest BCUT2D eigenvalue weighted by Gasteiger charge is 2.38. The van der Waals surface area contributed by atoms with Gasteiger partial charge in [0.15, 0.2) is 5.78 Å². The first-order valence-corrected chi connectivity index (χ1v) is 8.89. The number of hydrogen-bond acceptors (Lipinski definition) is 5. The first-order chi connectivity index (χ1) is 12.9. The predicted molar refractivity (Wildman–Crippen MR) is 99.0 cm³/mol. The Hall–Kier alpha value is -2.96. The van der Waals surface area contributed by atoms with E-state index in [0.29, 0.717) is 28.2 Å². The van der Waals surface area contributed by atoms with Gasteiger partial charge in [-0.2, -0.15) is 5.10 Å². The van der Waals surface area contributed by atoms with Crippen LogP contribution in [0.1, 0.15) is 54.7 Å². The molecule has 1 aliphatic rings. The number of anilines is 1. The molecule has 0 spiro atoms. The minimum Gasteiger partial charge on any atom is -0.463 e. The van der Waals surface area contributed by atoms with Crippen molar-refractivity contribution >= 4 is 17.6 Å². The molecule has 1 atom stereocenters. The maximum Gasteiger partial charge on any atom is 0.336 e. The molecule has 1 aromatic carbocycles. The first-order valence-electron chi connectivity index (χ1n) is 8.89. The van der Waals surface area contributed by atoms with E-state index in [0.717, 1.165) is 0 Å². The third-order valence-electron chi connectivity index (χ3n) is 4.63. The number of halogens is 1. The fourth-order valence-corrected chi connectivity index (χ4v) is 3.44. The van der Waals surface area contributed by atoms with Crippen molar-refractivity contribution in [1.82, 2.24) is 9.78 Å². The van der Waals surface area contributed by atoms with Crippen molar-refractivity contribution in [1.29, 1.82) is 0 Å². The highest BCUT2D eigenvalue weighted by atomic mass is 19.1. The number of ether oxygens (including phenoxy) is 1. The van der Waals surface area contributed by atoms with Crippen LogP contribution in [0.2, 0.25) is 0 Å². The molecule has 0 fully saturated rings. The molecule has 7 heteroatoms. The number of esters is 1. The number of Topliss-reactive ketones (excluding diaryl/α,β-unsaturated/α-hetero) is 1. The molecule has 0 saturated heterocycles. The van der Waals surface area contributed by atoms with Crippen molar-refractivity contribution in [2.75, 3.05) is 11.9 Å². The number of allylic oxidation sites excluding steroid dienone is 1. The van der Waals surface area contributed by atoms with E-state index < -0.39 is 17.7 Å². The molecule has 0 radical (unpaired) electrons. The fourth-order valence-electron chi connectivity index (χ4n) is 3.44. The van der Waals surface area contributed by atoms with E-state index in [2.05, 4.69) is 10.4 Å². The summed E-state index contributed by atoms with van der Waals surface area (Å²) >= 11 is 0. The van der Waals surface area contributed by atoms with Crippen molar-refractivity contribution < 1.29 is 18.7 Å². The zero-order valence-electron chi connectivity index (χ0n) is 15.8. The van der Waals surface area contributed by atoms with Crippen LogP contribution in [-0.2, 0) is 16.6 Å². The zero-order valence-corrected chi connectivity index (χ0v) is 15.8. The standard InChI is InChI=1S/C20H22FN3O3/c1-5-14(25)18-17-16(12-8-7-9-13(21)10-12)15(20(26)27-6-2)11(3)22-19(17)24(4)23-18/h7-10,16,22H,5-6H2,1-4H3. The van der Waals surface area contributed by atoms with Gasteiger partial charge in [0.2, 0.25) is 0 Å². The van der Waals surface area contributed by atoms with Crippen LogP contribution in [0, 0.1) is 5.82 Å². The maximum atomic E-state index is 14.0. The van der Waals surface area contributed by atoms with Crippen molar-refractivity contribution in [3.05, 3.63) is 58.2 Å². The molecule has 0 saturated carbocycles. The third-order valence-corrected chi connectivity index (χ3v) is 4.63. The highest BCUT2D eigenvalue weighted by Crippen LogP contribution is 2.44. The molecule has 0 aliphatic carbocycles. The minimum absolute atomic E-state index is 0.141. The maximum absolute atomic E-state index is 14.0. The SMILES string of the molecule is CCOC(=O)C1=C(C)Nc2c(c(C(=O)CC)nn2C)C1c1cccc(F)c1. The van der Waals surface area contributed by atoms with Gasteiger partial charge in [-0.05, 0) is 31.5 Å². The highest BCUT2D eigenvalue weighted by molar-refractivity contribution is 6.00. The second kappa shape index (κ2) is 7.34. The number of nitrogens with zero attached hydrogens (tertiary/aromatic N) is 2. The molecule has 1 aromatic heterocycles. The van der Waals surface area contributed by atoms with Gasteiger partial charge in [-0.15, -0.1) is 0 Å². The number of rotatable bonds is 5. The minimum atomic E-state index is -0.643. The fraction of sp³-hybridized carbons (Fsp3) is 0.350. The average molecular weight is 371 g/mol. The van der Waals surface area contributed by atoms with E-state index in [1.165, 1.54) is 12.1 Å². The van der Waals surface area contributed by atoms with Crippen molar-refractivity contribution in [2.24, 2.45) is 7.05 Å². The molecule has 3 rings (SSSR count). The lowest BCUT2D eigenvalue weighted by atomic mass is 9.80. The van der Waals surface area contributed by atoms with Crippen LogP contribution in [0.5, 0.6) is 0 Å². The van der Waals surface area contributed by atoms with E-state index in [1.807, 2.05) is 0 Å². The van der Waals surface area contributed by atoms with E-state index >= 15 is 0 Å². The van der Waals surface area contributed by atoms with Crippen molar-refractivity contribution in [3.63, 3.8) is 0 Å². The smallest absolute Gasteiger partial charge is 0.336 e. The van der Waals surface area contributed by atoms with Crippen LogP contribution in [0.25, 0.3) is 0 Å². The molecule has 27 heavy (non-hydrogen) atoms. The number of hydrogen-bond donors (Lipinski definition) is 1. The quantitative estimate of drug-likeness (QED) is 0.643. The average Bonchev–Trinajstić information content (AvgIpc) is 2.96. The number of fused-ring (bicyclic) bond motifs is 1. The summed E-state index contributed by atoms with van der Waals surface area (Å²) in [6, 6.07) is 6.04. The number of aromatic nitrogens is 2. The van der Waals surface area contributed by atoms with Gasteiger partial charge >= 0.3 is 5.97 Å². The molecule has 1 N–H and O–H groups in total. The van der Waals surface area contributed by atoms with Gasteiger partial charge in [0.05, 0.1) is 12.2 Å². The Bertz CT molecular complexity index is 946. The summed E-state index contributed by atoms with van der Waals surface area (Å²) in [4.78, 5) is 25.2. The Kier molecular flexibility index (Phi) is 5.12. The molecule has 2 aromatic rings. The Morgan fingerprint density at radius 2 is 2.07 bits per heavy atom. The molecule has 1 unspecified atom stereocenters. The van der Waals surface area contributed by atoms with E-state index in [9.17, 15) is 14.0 Å². The monoisotopic (exact) mass is 371 g/mol. The van der Waals surface area contributed by atoms with E-state index in [1.54, 1.807) is 44.6 Å². The first kappa shape index (κ1) is 18.8. The molecule has 2 heterocycles. The van der Waals surface area contributed by atoms with Gasteiger partial charge in [0, 0.05) is 30.6 Å². The number of aryl methyl sites for hydroxylation is 1. The second-order valence-corrected chi connectivity index (χ2v) is 6.38. The van der Waals surface area contributed by atoms with Crippen LogP contribution in [0.4, 0.5) is 10.2 Å². The Morgan fingerprint density at radius 1 is 1.33 bits per heavy atom. The number of ketones is 1. The van der Waals surface area contributed by atoms with Crippen LogP contribution in [-0.4, -0.2) is 28.1 Å². The molecule has 0 bridgehead atoms. The Morgan fingerprint density at radius 3 is 2.70 bits per heavy atom. The second-order valence-electron chi connectivity index (χ2n) is 6.38. The summed E-state index contributed by atoms with van der Waals surface area (Å²) in [7, 11) is 1.73. The largest absolute Gasteiger partial charge is 0.463 e. The lowest BCUT2D eigenvalue weighted by Gasteiger charge is -2.28. The van der Waals surface area contributed by atoms with E-state index in [4.69, 9.17) is 4.74 Å². The number of carbonyl (C=O) groups excluding carboxylic acids is 2. The Balaban J connectivity index is 2.29. The van der Waals surface area contributed by atoms with Gasteiger partial charge in [0.25, 0.3) is 0 Å². The lowest BCUT2D eigenvalue weighted by molar-refractivity contribution is -0.138. The summed E-state index contributed by atoms with van der Waals surface area (Å²) in [5.74, 6) is -1.08. The molecular weight excluding hydrogens is 349 g/mol. The molecule has 1 aliphatic heterocycles. The third kappa shape index (κ3) is 3.25. The molecule has 142 valence electrons. The molecular formula is C20H22FN3O3. The topological polar surface area (TPSA) is 73.2 Å². The number of benzene rings is 1. The van der Waals surface area contributed by atoms with Crippen LogP contribution in [0.15, 0.2) is 35.5 Å². The van der Waals surface area contributed by atoms with Gasteiger partial charge < -0.3 is 10.1 Å². The van der Waals surface area contributed by atoms with Crippen molar-refractivity contribution in [2.45, 2.75) is 33.1 Å². The predicted octanol–water partition coefficient (Wildman–Crippen LogP) is 3.55. The van der Waals surface area contributed by atoms with Gasteiger partial charge in [-0.1, -0.05) is 19.1 Å². The van der Waals surface area contributed by atoms with Gasteiger partial charge in [-0.25, -0.2) is 9.18 Å². The lowest BCUT2D eigenvalue weighted by Crippen LogP contribution is -2.25. The van der Waals surface area contributed by atoms with Gasteiger partial charge in [-0.3, -0.25) is 9.48 Å². The van der Waals surface area contributed by atoms with Crippen LogP contribution in [0.3, 0.4) is 0 Å². The molecule has 0 amide bonds. The van der Waals surface area contributed by atoms with E-state index in [-0.39, 0.29) is 24.5 Å². The summed E-state index contributed by atoms with van der Waals surface area (Å²) in [5.41, 5.74) is 2.37. The number of carbonyl (C=O) groups is 2. The summed E-state index contributed by atoms with van der Waals surface area (Å²) < 4.78 is 20.8. The summed E-state index contributed by atoms with van der Waals surface area (Å²) in [6.45, 7) is 5.45. The normalized spacial score (nSPS) is 16.0. The Labute approximate surface area is 157 Å². The summed E-state index contributed by atoms with van der Waals surface area (Å²) in [5, 5.41) is 7.53. The van der Waals surface area contributed by atoms with Crippen LogP contribution >= 0.6 is 0 Å². The number of nitrogens with one attached hydrogen (secondary N) is 1. The molecule has 6 nitrogen and oxygen atoms in total. The summed E-state index contributed by atoms with van der Waals surface area (Å²) in [6.07, 6.45) is 0.275. The van der Waals surface area contributed by atoms with Crippen LogP contribution < -0.4 is 5.32 Å². The van der Waals surface area contributed by atoms with Crippen molar-refractivity contribution in [3.8, 4) is 0 Å². The zero-order chi connectivity index (χ0) is 19.7. The van der Waals surface area contributed by atoms with Gasteiger partial charge in [0.1, 0.15) is 17.3 Å².